The third kappa shape index (κ3) is 3.66. The summed E-state index contributed by atoms with van der Waals surface area (Å²) in [4.78, 5) is 28.8. The van der Waals surface area contributed by atoms with Gasteiger partial charge in [-0.25, -0.2) is 0 Å². The molecule has 24 heavy (non-hydrogen) atoms. The molecule has 1 aromatic carbocycles. The van der Waals surface area contributed by atoms with Crippen molar-refractivity contribution < 1.29 is 14.1 Å². The fraction of sp³-hybridized carbons (Fsp3) is 0.125. The van der Waals surface area contributed by atoms with Crippen LogP contribution in [0, 0.1) is 6.92 Å². The van der Waals surface area contributed by atoms with Gasteiger partial charge in [0.1, 0.15) is 4.88 Å². The molecule has 2 heterocycles. The molecule has 0 atom stereocenters. The number of hydrogen-bond donors (Lipinski definition) is 2. The van der Waals surface area contributed by atoms with Crippen LogP contribution in [0.4, 0.5) is 5.69 Å². The minimum absolute atomic E-state index is 0.133. The molecule has 0 fully saturated rings. The maximum atomic E-state index is 12.0. The van der Waals surface area contributed by atoms with E-state index in [0.717, 1.165) is 0 Å². The van der Waals surface area contributed by atoms with Gasteiger partial charge in [0.2, 0.25) is 5.91 Å². The summed E-state index contributed by atoms with van der Waals surface area (Å²) in [6, 6.07) is 10.5. The molecular weight excluding hydrogens is 328 g/mol. The summed E-state index contributed by atoms with van der Waals surface area (Å²) in [5.74, 6) is 0.232. The van der Waals surface area contributed by atoms with E-state index in [-0.39, 0.29) is 18.4 Å². The van der Waals surface area contributed by atoms with Gasteiger partial charge in [0.25, 0.3) is 11.8 Å². The molecule has 2 amide bonds. The van der Waals surface area contributed by atoms with Gasteiger partial charge in [0, 0.05) is 5.56 Å². The van der Waals surface area contributed by atoms with Gasteiger partial charge < -0.3 is 15.2 Å². The third-order valence-electron chi connectivity index (χ3n) is 3.11. The van der Waals surface area contributed by atoms with Crippen LogP contribution >= 0.6 is 11.3 Å². The minimum Gasteiger partial charge on any atom is -0.343 e. The first kappa shape index (κ1) is 15.9. The molecule has 3 rings (SSSR count). The fourth-order valence-electron chi connectivity index (χ4n) is 2.01. The summed E-state index contributed by atoms with van der Waals surface area (Å²) >= 11 is 1.38. The fourth-order valence-corrected chi connectivity index (χ4v) is 2.78. The van der Waals surface area contributed by atoms with E-state index in [1.54, 1.807) is 37.3 Å². The van der Waals surface area contributed by atoms with Gasteiger partial charge in [-0.1, -0.05) is 23.4 Å². The molecule has 0 aliphatic carbocycles. The van der Waals surface area contributed by atoms with E-state index in [9.17, 15) is 9.59 Å². The molecule has 0 saturated heterocycles. The Hall–Kier alpha value is -3.00. The Morgan fingerprint density at radius 3 is 2.71 bits per heavy atom. The average molecular weight is 342 g/mol. The lowest BCUT2D eigenvalue weighted by Crippen LogP contribution is -2.32. The summed E-state index contributed by atoms with van der Waals surface area (Å²) in [7, 11) is 0. The van der Waals surface area contributed by atoms with E-state index < -0.39 is 0 Å². The first-order chi connectivity index (χ1) is 11.6. The number of carbonyl (C=O) groups is 2. The molecule has 0 radical (unpaired) electrons. The van der Waals surface area contributed by atoms with Gasteiger partial charge >= 0.3 is 0 Å². The zero-order valence-corrected chi connectivity index (χ0v) is 13.6. The summed E-state index contributed by atoms with van der Waals surface area (Å²) in [6.07, 6.45) is 0. The Balaban J connectivity index is 1.60. The molecule has 2 N–H and O–H groups in total. The van der Waals surface area contributed by atoms with E-state index in [1.165, 1.54) is 11.3 Å². The quantitative estimate of drug-likeness (QED) is 0.742. The summed E-state index contributed by atoms with van der Waals surface area (Å²) in [5, 5.41) is 10.9. The number of thiophene rings is 1. The van der Waals surface area contributed by atoms with Crippen LogP contribution in [-0.4, -0.2) is 28.5 Å². The first-order valence-corrected chi connectivity index (χ1v) is 8.03. The van der Waals surface area contributed by atoms with Gasteiger partial charge in [-0.2, -0.15) is 4.98 Å². The maximum Gasteiger partial charge on any atom is 0.270 e. The smallest absolute Gasteiger partial charge is 0.270 e. The minimum atomic E-state index is -0.338. The monoisotopic (exact) mass is 342 g/mol. The van der Waals surface area contributed by atoms with E-state index >= 15 is 0 Å². The standard InChI is InChI=1S/C16H14N4O3S/c1-10-18-16(23-20-10)14-12(7-8-24-14)19-13(21)9-17-15(22)11-5-3-2-4-6-11/h2-8H,9H2,1H3,(H,17,22)(H,19,21). The van der Waals surface area contributed by atoms with Crippen LogP contribution in [0.1, 0.15) is 16.2 Å². The highest BCUT2D eigenvalue weighted by Gasteiger charge is 2.16. The Morgan fingerprint density at radius 1 is 1.21 bits per heavy atom. The van der Waals surface area contributed by atoms with Crippen LogP contribution in [0.3, 0.4) is 0 Å². The third-order valence-corrected chi connectivity index (χ3v) is 4.01. The maximum absolute atomic E-state index is 12.0. The first-order valence-electron chi connectivity index (χ1n) is 7.15. The largest absolute Gasteiger partial charge is 0.343 e. The van der Waals surface area contributed by atoms with Gasteiger partial charge in [0.05, 0.1) is 12.2 Å². The average Bonchev–Trinajstić information content (AvgIpc) is 3.22. The molecule has 2 aromatic heterocycles. The molecule has 122 valence electrons. The lowest BCUT2D eigenvalue weighted by atomic mass is 10.2. The van der Waals surface area contributed by atoms with Crippen LogP contribution in [0.25, 0.3) is 10.8 Å². The number of nitrogens with one attached hydrogen (secondary N) is 2. The highest BCUT2D eigenvalue weighted by atomic mass is 32.1. The van der Waals surface area contributed by atoms with Crippen molar-refractivity contribution in [3.8, 4) is 10.8 Å². The molecule has 0 aliphatic heterocycles. The van der Waals surface area contributed by atoms with E-state index in [1.807, 2.05) is 11.4 Å². The number of aryl methyl sites for hydroxylation is 1. The van der Waals surface area contributed by atoms with Gasteiger partial charge in [0.15, 0.2) is 5.82 Å². The number of anilines is 1. The molecule has 0 saturated carbocycles. The normalized spacial score (nSPS) is 10.4. The van der Waals surface area contributed by atoms with Gasteiger partial charge in [-0.3, -0.25) is 9.59 Å². The second kappa shape index (κ2) is 7.05. The lowest BCUT2D eigenvalue weighted by Gasteiger charge is -2.06. The number of benzene rings is 1. The molecule has 0 bridgehead atoms. The van der Waals surface area contributed by atoms with Crippen molar-refractivity contribution >= 4 is 28.8 Å². The van der Waals surface area contributed by atoms with Crippen LogP contribution < -0.4 is 10.6 Å². The topological polar surface area (TPSA) is 97.1 Å². The van der Waals surface area contributed by atoms with Crippen molar-refractivity contribution in [1.82, 2.24) is 15.5 Å². The highest BCUT2D eigenvalue weighted by molar-refractivity contribution is 7.14. The summed E-state index contributed by atoms with van der Waals surface area (Å²) in [6.45, 7) is 1.59. The number of amides is 2. The predicted octanol–water partition coefficient (Wildman–Crippen LogP) is 2.48. The van der Waals surface area contributed by atoms with E-state index in [2.05, 4.69) is 20.8 Å². The number of aromatic nitrogens is 2. The molecule has 8 heteroatoms. The number of carbonyl (C=O) groups excluding carboxylic acids is 2. The lowest BCUT2D eigenvalue weighted by molar-refractivity contribution is -0.115. The van der Waals surface area contributed by atoms with E-state index in [0.29, 0.717) is 27.8 Å². The Kier molecular flexibility index (Phi) is 4.66. The van der Waals surface area contributed by atoms with Crippen LogP contribution in [0.5, 0.6) is 0 Å². The van der Waals surface area contributed by atoms with Crippen molar-refractivity contribution in [2.45, 2.75) is 6.92 Å². The zero-order chi connectivity index (χ0) is 16.9. The van der Waals surface area contributed by atoms with Gasteiger partial charge in [-0.05, 0) is 30.5 Å². The van der Waals surface area contributed by atoms with E-state index in [4.69, 9.17) is 4.52 Å². The van der Waals surface area contributed by atoms with Gasteiger partial charge in [-0.15, -0.1) is 11.3 Å². The second-order valence-electron chi connectivity index (χ2n) is 4.91. The Bertz CT molecular complexity index is 857. The van der Waals surface area contributed by atoms with Crippen molar-refractivity contribution in [2.75, 3.05) is 11.9 Å². The van der Waals surface area contributed by atoms with Crippen molar-refractivity contribution in [3.05, 3.63) is 53.2 Å². The van der Waals surface area contributed by atoms with Crippen molar-refractivity contribution in [1.29, 1.82) is 0 Å². The zero-order valence-electron chi connectivity index (χ0n) is 12.8. The molecule has 0 aliphatic rings. The number of nitrogens with zero attached hydrogens (tertiary/aromatic N) is 2. The highest BCUT2D eigenvalue weighted by Crippen LogP contribution is 2.32. The van der Waals surface area contributed by atoms with Crippen LogP contribution in [0.15, 0.2) is 46.3 Å². The molecule has 0 spiro atoms. The second-order valence-corrected chi connectivity index (χ2v) is 5.82. The molecule has 3 aromatic rings. The van der Waals surface area contributed by atoms with Crippen molar-refractivity contribution in [3.63, 3.8) is 0 Å². The molecule has 0 unspecified atom stereocenters. The molecular formula is C16H14N4O3S. The number of hydrogen-bond acceptors (Lipinski definition) is 6. The summed E-state index contributed by atoms with van der Waals surface area (Å²) in [5.41, 5.74) is 1.07. The van der Waals surface area contributed by atoms with Crippen LogP contribution in [0.2, 0.25) is 0 Å². The SMILES string of the molecule is Cc1noc(-c2sccc2NC(=O)CNC(=O)c2ccccc2)n1. The van der Waals surface area contributed by atoms with Crippen molar-refractivity contribution in [2.24, 2.45) is 0 Å². The Labute approximate surface area is 141 Å². The predicted molar refractivity (Wildman–Crippen MR) is 89.8 cm³/mol. The Morgan fingerprint density at radius 2 is 2.00 bits per heavy atom. The number of rotatable bonds is 5. The summed E-state index contributed by atoms with van der Waals surface area (Å²) < 4.78 is 5.12. The molecule has 7 nitrogen and oxygen atoms in total. The van der Waals surface area contributed by atoms with Crippen LogP contribution in [-0.2, 0) is 4.79 Å².